The molecule has 3 aromatic rings. The van der Waals surface area contributed by atoms with Crippen molar-refractivity contribution in [2.75, 3.05) is 10.8 Å². The van der Waals surface area contributed by atoms with Gasteiger partial charge in [-0.3, -0.25) is 9.10 Å². The van der Waals surface area contributed by atoms with E-state index in [1.807, 2.05) is 56.3 Å². The summed E-state index contributed by atoms with van der Waals surface area (Å²) in [5.41, 5.74) is 2.64. The molecule has 0 spiro atoms. The number of sulfonamides is 1. The number of aliphatic hydroxyl groups is 1. The van der Waals surface area contributed by atoms with Crippen molar-refractivity contribution in [1.29, 1.82) is 0 Å². The molecule has 190 valence electrons. The highest BCUT2D eigenvalue weighted by Crippen LogP contribution is 2.42. The Kier molecular flexibility index (Phi) is 7.95. The summed E-state index contributed by atoms with van der Waals surface area (Å²) in [6, 6.07) is 19.7. The molecule has 0 unspecified atom stereocenters. The van der Waals surface area contributed by atoms with Gasteiger partial charge in [0.25, 0.3) is 10.0 Å². The fourth-order valence-electron chi connectivity index (χ4n) is 4.67. The number of hydrogen-bond acceptors (Lipinski definition) is 4. The number of aliphatic hydroxyl groups excluding tert-OH is 1. The van der Waals surface area contributed by atoms with E-state index in [-0.39, 0.29) is 23.8 Å². The lowest BCUT2D eigenvalue weighted by atomic mass is 9.69. The van der Waals surface area contributed by atoms with E-state index < -0.39 is 21.7 Å². The number of nitrogens with zero attached hydrogens (tertiary/aromatic N) is 1. The molecular formula is C27H28Br2N2O4S. The molecule has 1 amide bonds. The third-order valence-electron chi connectivity index (χ3n) is 6.38. The number of amides is 1. The van der Waals surface area contributed by atoms with E-state index in [4.69, 9.17) is 0 Å². The van der Waals surface area contributed by atoms with Crippen molar-refractivity contribution in [2.45, 2.75) is 49.6 Å². The van der Waals surface area contributed by atoms with Crippen LogP contribution in [-0.4, -0.2) is 32.1 Å². The van der Waals surface area contributed by atoms with Crippen LogP contribution in [0, 0.1) is 13.8 Å². The van der Waals surface area contributed by atoms with E-state index in [0.717, 1.165) is 25.6 Å². The van der Waals surface area contributed by atoms with E-state index in [1.165, 1.54) is 4.31 Å². The number of hydrogen-bond donors (Lipinski definition) is 2. The maximum atomic E-state index is 13.7. The molecule has 0 aromatic heterocycles. The van der Waals surface area contributed by atoms with Gasteiger partial charge in [0.1, 0.15) is 0 Å². The van der Waals surface area contributed by atoms with E-state index >= 15 is 0 Å². The molecule has 1 aliphatic carbocycles. The van der Waals surface area contributed by atoms with Crippen LogP contribution in [0.5, 0.6) is 0 Å². The van der Waals surface area contributed by atoms with Gasteiger partial charge in [0.05, 0.1) is 22.2 Å². The average Bonchev–Trinajstić information content (AvgIpc) is 2.78. The normalized spacial score (nSPS) is 19.4. The molecule has 9 heteroatoms. The third kappa shape index (κ3) is 5.85. The lowest BCUT2D eigenvalue weighted by Gasteiger charge is -2.46. The van der Waals surface area contributed by atoms with Gasteiger partial charge < -0.3 is 10.4 Å². The van der Waals surface area contributed by atoms with Gasteiger partial charge in [-0.15, -0.1) is 0 Å². The number of carbonyl (C=O) groups is 1. The molecule has 4 rings (SSSR count). The van der Waals surface area contributed by atoms with Crippen LogP contribution in [0.3, 0.4) is 0 Å². The van der Waals surface area contributed by atoms with Gasteiger partial charge in [0, 0.05) is 34.8 Å². The first kappa shape index (κ1) is 26.9. The van der Waals surface area contributed by atoms with E-state index in [1.54, 1.807) is 24.3 Å². The summed E-state index contributed by atoms with van der Waals surface area (Å²) in [5, 5.41) is 13.1. The molecule has 3 aromatic carbocycles. The topological polar surface area (TPSA) is 86.7 Å². The van der Waals surface area contributed by atoms with Gasteiger partial charge in [0.15, 0.2) is 0 Å². The van der Waals surface area contributed by atoms with Crippen molar-refractivity contribution in [3.8, 4) is 0 Å². The van der Waals surface area contributed by atoms with Crippen LogP contribution in [0.25, 0.3) is 0 Å². The van der Waals surface area contributed by atoms with E-state index in [9.17, 15) is 18.3 Å². The van der Waals surface area contributed by atoms with Gasteiger partial charge in [-0.25, -0.2) is 8.42 Å². The number of nitrogens with one attached hydrogen (secondary N) is 1. The predicted octanol–water partition coefficient (Wildman–Crippen LogP) is 5.58. The summed E-state index contributed by atoms with van der Waals surface area (Å²) < 4.78 is 30.3. The Bertz CT molecular complexity index is 1330. The average molecular weight is 636 g/mol. The molecule has 2 N–H and O–H groups in total. The van der Waals surface area contributed by atoms with Crippen LogP contribution in [0.15, 0.2) is 80.6 Å². The van der Waals surface area contributed by atoms with Gasteiger partial charge in [0.2, 0.25) is 5.91 Å². The number of benzene rings is 3. The zero-order chi connectivity index (χ0) is 26.1. The van der Waals surface area contributed by atoms with Crippen molar-refractivity contribution in [3.63, 3.8) is 0 Å². The van der Waals surface area contributed by atoms with Crippen molar-refractivity contribution in [3.05, 3.63) is 92.4 Å². The summed E-state index contributed by atoms with van der Waals surface area (Å²) in [6.45, 7) is 3.81. The maximum Gasteiger partial charge on any atom is 0.264 e. The van der Waals surface area contributed by atoms with Gasteiger partial charge in [-0.05, 0) is 79.1 Å². The minimum Gasteiger partial charge on any atom is -0.393 e. The van der Waals surface area contributed by atoms with E-state index in [2.05, 4.69) is 37.2 Å². The first-order chi connectivity index (χ1) is 17.0. The molecule has 0 bridgehead atoms. The van der Waals surface area contributed by atoms with Gasteiger partial charge >= 0.3 is 0 Å². The number of anilines is 1. The third-order valence-corrected chi connectivity index (χ3v) is 9.28. The monoisotopic (exact) mass is 634 g/mol. The SMILES string of the molecule is Cc1cc(C)cc(N(CCC(=O)NC2(c3ccc(Br)cc3)CC(O)C2)S(=O)(=O)c2ccc(Br)cc2)c1. The first-order valence-corrected chi connectivity index (χ1v) is 14.6. The van der Waals surface area contributed by atoms with Crippen LogP contribution in [-0.2, 0) is 20.4 Å². The lowest BCUT2D eigenvalue weighted by molar-refractivity contribution is -0.126. The van der Waals surface area contributed by atoms with Gasteiger partial charge in [-0.1, -0.05) is 50.1 Å². The molecule has 1 aliphatic rings. The van der Waals surface area contributed by atoms with Crippen molar-refractivity contribution >= 4 is 53.5 Å². The Morgan fingerprint density at radius 3 is 2.03 bits per heavy atom. The van der Waals surface area contributed by atoms with Crippen LogP contribution < -0.4 is 9.62 Å². The molecule has 36 heavy (non-hydrogen) atoms. The highest BCUT2D eigenvalue weighted by atomic mass is 79.9. The fourth-order valence-corrected chi connectivity index (χ4v) is 6.65. The number of carbonyl (C=O) groups excluding carboxylic acids is 1. The quantitative estimate of drug-likeness (QED) is 0.338. The zero-order valence-corrected chi connectivity index (χ0v) is 24.0. The summed E-state index contributed by atoms with van der Waals surface area (Å²) >= 11 is 6.78. The summed E-state index contributed by atoms with van der Waals surface area (Å²) in [5.74, 6) is -0.273. The maximum absolute atomic E-state index is 13.7. The predicted molar refractivity (Wildman–Crippen MR) is 148 cm³/mol. The van der Waals surface area contributed by atoms with Crippen molar-refractivity contribution in [1.82, 2.24) is 5.32 Å². The largest absolute Gasteiger partial charge is 0.393 e. The summed E-state index contributed by atoms with van der Waals surface area (Å²) in [6.07, 6.45) is 0.312. The molecule has 0 aliphatic heterocycles. The molecule has 0 heterocycles. The fraction of sp³-hybridized carbons (Fsp3) is 0.296. The molecule has 0 radical (unpaired) electrons. The molecular weight excluding hydrogens is 608 g/mol. The number of halogens is 2. The standard InChI is InChI=1S/C27H28Br2N2O4S/c1-18-13-19(2)15-23(14-18)31(36(34,35)25-9-7-22(29)8-10-25)12-11-26(33)30-27(16-24(32)17-27)20-3-5-21(28)6-4-20/h3-10,13-15,24,32H,11-12,16-17H2,1-2H3,(H,30,33). The zero-order valence-electron chi connectivity index (χ0n) is 20.0. The molecule has 0 atom stereocenters. The Balaban J connectivity index is 1.59. The second-order valence-corrected chi connectivity index (χ2v) is 13.0. The Hall–Kier alpha value is -2.20. The van der Waals surface area contributed by atoms with Crippen LogP contribution in [0.1, 0.15) is 36.0 Å². The second kappa shape index (κ2) is 10.7. The molecule has 6 nitrogen and oxygen atoms in total. The van der Waals surface area contributed by atoms with Crippen LogP contribution >= 0.6 is 31.9 Å². The smallest absolute Gasteiger partial charge is 0.264 e. The minimum absolute atomic E-state index is 0.0217. The molecule has 0 saturated heterocycles. The Labute approximate surface area is 229 Å². The van der Waals surface area contributed by atoms with Crippen LogP contribution in [0.2, 0.25) is 0 Å². The van der Waals surface area contributed by atoms with Crippen LogP contribution in [0.4, 0.5) is 5.69 Å². The van der Waals surface area contributed by atoms with Gasteiger partial charge in [-0.2, -0.15) is 0 Å². The van der Waals surface area contributed by atoms with Crippen molar-refractivity contribution < 1.29 is 18.3 Å². The number of rotatable bonds is 8. The summed E-state index contributed by atoms with van der Waals surface area (Å²) in [7, 11) is -3.91. The van der Waals surface area contributed by atoms with Crippen molar-refractivity contribution in [2.24, 2.45) is 0 Å². The molecule has 1 fully saturated rings. The lowest BCUT2D eigenvalue weighted by Crippen LogP contribution is -2.57. The highest BCUT2D eigenvalue weighted by Gasteiger charge is 2.46. The number of aryl methyl sites for hydroxylation is 2. The second-order valence-electron chi connectivity index (χ2n) is 9.33. The summed E-state index contributed by atoms with van der Waals surface area (Å²) in [4.78, 5) is 13.3. The highest BCUT2D eigenvalue weighted by molar-refractivity contribution is 9.10. The Morgan fingerprint density at radius 2 is 1.50 bits per heavy atom. The first-order valence-electron chi connectivity index (χ1n) is 11.6. The Morgan fingerprint density at radius 1 is 0.972 bits per heavy atom. The van der Waals surface area contributed by atoms with E-state index in [0.29, 0.717) is 18.5 Å². The minimum atomic E-state index is -3.91. The molecule has 1 saturated carbocycles.